The maximum absolute atomic E-state index is 12.1. The number of benzene rings is 1. The highest BCUT2D eigenvalue weighted by atomic mass is 32.2. The van der Waals surface area contributed by atoms with Crippen LogP contribution < -0.4 is 10.6 Å². The third-order valence-corrected chi connectivity index (χ3v) is 5.34. The lowest BCUT2D eigenvalue weighted by molar-refractivity contribution is 0.216. The normalized spacial score (nSPS) is 19.0. The Kier molecular flexibility index (Phi) is 4.84. The van der Waals surface area contributed by atoms with Crippen LogP contribution in [0.2, 0.25) is 0 Å². The fraction of sp³-hybridized carbons (Fsp3) is 0.500. The minimum atomic E-state index is -2.97. The quantitative estimate of drug-likeness (QED) is 0.880. The molecule has 116 valence electrons. The summed E-state index contributed by atoms with van der Waals surface area (Å²) >= 11 is 0. The summed E-state index contributed by atoms with van der Waals surface area (Å²) in [6, 6.07) is 7.61. The minimum Gasteiger partial charge on any atom is -0.322 e. The highest BCUT2D eigenvalue weighted by molar-refractivity contribution is 7.91. The number of carbonyl (C=O) groups is 1. The lowest BCUT2D eigenvalue weighted by atomic mass is 10.1. The highest BCUT2D eigenvalue weighted by Crippen LogP contribution is 2.16. The highest BCUT2D eigenvalue weighted by Gasteiger charge is 2.24. The van der Waals surface area contributed by atoms with Crippen LogP contribution in [0.3, 0.4) is 0 Å². The molecule has 0 saturated carbocycles. The van der Waals surface area contributed by atoms with Gasteiger partial charge in [-0.25, -0.2) is 13.2 Å². The molecule has 1 saturated heterocycles. The fourth-order valence-corrected chi connectivity index (χ4v) is 3.34. The summed E-state index contributed by atoms with van der Waals surface area (Å²) in [5, 5.41) is 5.94. The molecule has 1 aliphatic heterocycles. The van der Waals surface area contributed by atoms with Crippen molar-refractivity contribution in [2.75, 3.05) is 37.0 Å². The van der Waals surface area contributed by atoms with E-state index in [-0.39, 0.29) is 36.7 Å². The molecule has 0 aromatic heterocycles. The molecule has 2 rings (SSSR count). The first-order chi connectivity index (χ1) is 9.91. The predicted octanol–water partition coefficient (Wildman–Crippen LogP) is 1.23. The summed E-state index contributed by atoms with van der Waals surface area (Å²) in [6.07, 6.45) is 0. The van der Waals surface area contributed by atoms with Crippen molar-refractivity contribution in [3.8, 4) is 0 Å². The average Bonchev–Trinajstić information content (AvgIpc) is 2.47. The van der Waals surface area contributed by atoms with E-state index >= 15 is 0 Å². The molecule has 1 aromatic rings. The van der Waals surface area contributed by atoms with Crippen molar-refractivity contribution in [3.63, 3.8) is 0 Å². The summed E-state index contributed by atoms with van der Waals surface area (Å²) < 4.78 is 22.7. The lowest BCUT2D eigenvalue weighted by Crippen LogP contribution is -2.45. The molecule has 1 fully saturated rings. The smallest absolute Gasteiger partial charge is 0.321 e. The van der Waals surface area contributed by atoms with Gasteiger partial charge in [-0.15, -0.1) is 0 Å². The summed E-state index contributed by atoms with van der Waals surface area (Å²) in [4.78, 5) is 13.6. The maximum Gasteiger partial charge on any atom is 0.321 e. The molecule has 1 aromatic carbocycles. The van der Waals surface area contributed by atoms with Gasteiger partial charge in [-0.2, -0.15) is 0 Å². The van der Waals surface area contributed by atoms with Crippen molar-refractivity contribution >= 4 is 21.6 Å². The minimum absolute atomic E-state index is 0.0407. The van der Waals surface area contributed by atoms with Crippen LogP contribution in [-0.4, -0.2) is 51.0 Å². The second kappa shape index (κ2) is 6.44. The third-order valence-electron chi connectivity index (χ3n) is 3.73. The number of carbonyl (C=O) groups excluding carboxylic acids is 1. The fourth-order valence-electron chi connectivity index (χ4n) is 2.14. The van der Waals surface area contributed by atoms with Gasteiger partial charge in [0.15, 0.2) is 9.84 Å². The zero-order valence-corrected chi connectivity index (χ0v) is 13.1. The van der Waals surface area contributed by atoms with Gasteiger partial charge in [-0.05, 0) is 31.7 Å². The molecule has 6 nitrogen and oxygen atoms in total. The molecule has 1 aliphatic rings. The van der Waals surface area contributed by atoms with Crippen LogP contribution in [0.5, 0.6) is 0 Å². The Labute approximate surface area is 125 Å². The third kappa shape index (κ3) is 4.18. The van der Waals surface area contributed by atoms with E-state index in [4.69, 9.17) is 0 Å². The molecule has 21 heavy (non-hydrogen) atoms. The molecule has 0 spiro atoms. The van der Waals surface area contributed by atoms with E-state index in [1.807, 2.05) is 31.3 Å². The second-order valence-electron chi connectivity index (χ2n) is 5.20. The summed E-state index contributed by atoms with van der Waals surface area (Å²) in [6.45, 7) is 2.56. The number of rotatable bonds is 3. The zero-order valence-electron chi connectivity index (χ0n) is 12.3. The molecule has 0 aliphatic carbocycles. The van der Waals surface area contributed by atoms with E-state index in [1.165, 1.54) is 4.90 Å². The number of nitrogens with one attached hydrogen (secondary N) is 2. The summed E-state index contributed by atoms with van der Waals surface area (Å²) in [5.41, 5.74) is 1.85. The van der Waals surface area contributed by atoms with Gasteiger partial charge >= 0.3 is 6.03 Å². The van der Waals surface area contributed by atoms with Crippen LogP contribution in [0, 0.1) is 0 Å². The maximum atomic E-state index is 12.1. The first-order valence-electron chi connectivity index (χ1n) is 6.95. The van der Waals surface area contributed by atoms with Gasteiger partial charge in [0.25, 0.3) is 0 Å². The standard InChI is InChI=1S/C14H21N3O3S/c1-11(15-2)12-3-5-13(6-4-12)16-14(18)17-7-9-21(19,20)10-8-17/h3-6,11,15H,7-10H2,1-2H3,(H,16,18). The molecule has 2 amide bonds. The molecule has 0 bridgehead atoms. The molecule has 2 N–H and O–H groups in total. The largest absolute Gasteiger partial charge is 0.322 e. The Morgan fingerprint density at radius 3 is 2.29 bits per heavy atom. The van der Waals surface area contributed by atoms with Crippen molar-refractivity contribution in [1.82, 2.24) is 10.2 Å². The number of amides is 2. The lowest BCUT2D eigenvalue weighted by Gasteiger charge is -2.26. The molecule has 1 heterocycles. The van der Waals surface area contributed by atoms with Crippen molar-refractivity contribution in [2.45, 2.75) is 13.0 Å². The number of nitrogens with zero attached hydrogens (tertiary/aromatic N) is 1. The first-order valence-corrected chi connectivity index (χ1v) is 8.77. The van der Waals surface area contributed by atoms with Gasteiger partial charge in [-0.1, -0.05) is 12.1 Å². The molecular weight excluding hydrogens is 290 g/mol. The molecule has 0 radical (unpaired) electrons. The van der Waals surface area contributed by atoms with E-state index in [0.717, 1.165) is 5.56 Å². The molecular formula is C14H21N3O3S. The van der Waals surface area contributed by atoms with Gasteiger partial charge in [0.1, 0.15) is 0 Å². The average molecular weight is 311 g/mol. The van der Waals surface area contributed by atoms with Crippen molar-refractivity contribution in [2.24, 2.45) is 0 Å². The first kappa shape index (κ1) is 15.8. The van der Waals surface area contributed by atoms with E-state index in [0.29, 0.717) is 5.69 Å². The van der Waals surface area contributed by atoms with Gasteiger partial charge < -0.3 is 15.5 Å². The van der Waals surface area contributed by atoms with Crippen molar-refractivity contribution < 1.29 is 13.2 Å². The number of anilines is 1. The Morgan fingerprint density at radius 2 is 1.76 bits per heavy atom. The molecule has 1 unspecified atom stereocenters. The Morgan fingerprint density at radius 1 is 1.19 bits per heavy atom. The summed E-state index contributed by atoms with van der Waals surface area (Å²) in [5.74, 6) is 0.0814. The van der Waals surface area contributed by atoms with Crippen LogP contribution in [0.1, 0.15) is 18.5 Å². The van der Waals surface area contributed by atoms with E-state index in [1.54, 1.807) is 0 Å². The number of hydrogen-bond donors (Lipinski definition) is 2. The molecule has 7 heteroatoms. The van der Waals surface area contributed by atoms with Gasteiger partial charge in [0.05, 0.1) is 11.5 Å². The van der Waals surface area contributed by atoms with Crippen LogP contribution in [-0.2, 0) is 9.84 Å². The van der Waals surface area contributed by atoms with Crippen LogP contribution >= 0.6 is 0 Å². The number of sulfone groups is 1. The van der Waals surface area contributed by atoms with Crippen molar-refractivity contribution in [3.05, 3.63) is 29.8 Å². The zero-order chi connectivity index (χ0) is 15.5. The number of urea groups is 1. The van der Waals surface area contributed by atoms with Crippen LogP contribution in [0.4, 0.5) is 10.5 Å². The Bertz CT molecular complexity index is 584. The van der Waals surface area contributed by atoms with Gasteiger partial charge in [0, 0.05) is 24.8 Å². The summed E-state index contributed by atoms with van der Waals surface area (Å²) in [7, 11) is -1.08. The van der Waals surface area contributed by atoms with E-state index in [2.05, 4.69) is 17.6 Å². The Balaban J connectivity index is 1.94. The molecule has 1 atom stereocenters. The van der Waals surface area contributed by atoms with Crippen LogP contribution in [0.25, 0.3) is 0 Å². The number of hydrogen-bond acceptors (Lipinski definition) is 4. The van der Waals surface area contributed by atoms with Crippen LogP contribution in [0.15, 0.2) is 24.3 Å². The van der Waals surface area contributed by atoms with E-state index < -0.39 is 9.84 Å². The van der Waals surface area contributed by atoms with Gasteiger partial charge in [0.2, 0.25) is 0 Å². The van der Waals surface area contributed by atoms with E-state index in [9.17, 15) is 13.2 Å². The monoisotopic (exact) mass is 311 g/mol. The van der Waals surface area contributed by atoms with Crippen molar-refractivity contribution in [1.29, 1.82) is 0 Å². The SMILES string of the molecule is CNC(C)c1ccc(NC(=O)N2CCS(=O)(=O)CC2)cc1. The second-order valence-corrected chi connectivity index (χ2v) is 7.51. The Hall–Kier alpha value is -1.60. The predicted molar refractivity (Wildman–Crippen MR) is 83.2 cm³/mol. The van der Waals surface area contributed by atoms with Gasteiger partial charge in [-0.3, -0.25) is 0 Å². The topological polar surface area (TPSA) is 78.5 Å².